The summed E-state index contributed by atoms with van der Waals surface area (Å²) in [6, 6.07) is 7.42. The number of amides is 1. The highest BCUT2D eigenvalue weighted by molar-refractivity contribution is 5.88. The second kappa shape index (κ2) is 12.0. The van der Waals surface area contributed by atoms with Gasteiger partial charge in [0.15, 0.2) is 5.54 Å². The summed E-state index contributed by atoms with van der Waals surface area (Å²) in [6.45, 7) is 15.4. The van der Waals surface area contributed by atoms with E-state index < -0.39 is 40.7 Å². The minimum atomic E-state index is -1.43. The number of likely N-dealkylation sites (tertiary alicyclic amines) is 1. The molecule has 0 saturated carbocycles. The fourth-order valence-electron chi connectivity index (χ4n) is 4.61. The van der Waals surface area contributed by atoms with Crippen molar-refractivity contribution in [1.29, 1.82) is 0 Å². The molecule has 1 aliphatic heterocycles. The Morgan fingerprint density at radius 2 is 1.56 bits per heavy atom. The zero-order valence-corrected chi connectivity index (χ0v) is 23.1. The Kier molecular flexibility index (Phi) is 9.80. The molecule has 1 aromatic carbocycles. The minimum absolute atomic E-state index is 0.0214. The number of nitrogens with zero attached hydrogens (tertiary/aromatic N) is 1. The second-order valence-corrected chi connectivity index (χ2v) is 11.2. The van der Waals surface area contributed by atoms with Gasteiger partial charge in [-0.2, -0.15) is 0 Å². The van der Waals surface area contributed by atoms with Gasteiger partial charge >= 0.3 is 18.0 Å². The molecule has 0 spiro atoms. The van der Waals surface area contributed by atoms with Crippen molar-refractivity contribution in [3.05, 3.63) is 29.8 Å². The van der Waals surface area contributed by atoms with Crippen LogP contribution in [0.2, 0.25) is 0 Å². The number of piperidine rings is 1. The van der Waals surface area contributed by atoms with E-state index in [1.54, 1.807) is 48.5 Å². The van der Waals surface area contributed by atoms with Crippen molar-refractivity contribution in [3.8, 4) is 5.75 Å². The third kappa shape index (κ3) is 7.87. The number of hydrogen-bond acceptors (Lipinski definition) is 7. The molecule has 2 rings (SSSR count). The number of ether oxygens (including phenoxy) is 4. The predicted molar refractivity (Wildman–Crippen MR) is 137 cm³/mol. The normalized spacial score (nSPS) is 20.4. The van der Waals surface area contributed by atoms with Crippen molar-refractivity contribution in [3.63, 3.8) is 0 Å². The quantitative estimate of drug-likeness (QED) is 0.349. The maximum absolute atomic E-state index is 13.8. The molecule has 8 nitrogen and oxygen atoms in total. The summed E-state index contributed by atoms with van der Waals surface area (Å²) in [5.74, 6) is -0.763. The van der Waals surface area contributed by atoms with Crippen LogP contribution in [0.1, 0.15) is 80.2 Å². The summed E-state index contributed by atoms with van der Waals surface area (Å²) in [4.78, 5) is 41.7. The lowest BCUT2D eigenvalue weighted by Crippen LogP contribution is -2.66. The molecule has 0 radical (unpaired) electrons. The highest BCUT2D eigenvalue weighted by Gasteiger charge is 2.56. The van der Waals surface area contributed by atoms with Gasteiger partial charge in [-0.05, 0) is 85.9 Å². The lowest BCUT2D eigenvalue weighted by atomic mass is 9.71. The van der Waals surface area contributed by atoms with E-state index in [0.29, 0.717) is 31.7 Å². The van der Waals surface area contributed by atoms with Gasteiger partial charge in [0.1, 0.15) is 17.0 Å². The Morgan fingerprint density at radius 3 is 2.08 bits per heavy atom. The van der Waals surface area contributed by atoms with Crippen molar-refractivity contribution in [2.45, 2.75) is 97.8 Å². The van der Waals surface area contributed by atoms with Crippen molar-refractivity contribution >= 4 is 18.0 Å². The molecule has 2 atom stereocenters. The maximum atomic E-state index is 13.8. The van der Waals surface area contributed by atoms with Gasteiger partial charge in [0.2, 0.25) is 0 Å². The third-order valence-corrected chi connectivity index (χ3v) is 5.88. The summed E-state index contributed by atoms with van der Waals surface area (Å²) >= 11 is 0. The SMILES string of the molecule is CCOC(=O)[C@@]1(Cc2ccc(OCC)cc2)[C@H](CC(=O)OC(C)(C)C)CCCN1C(=O)OC(C)(C)C. The molecule has 1 saturated heterocycles. The monoisotopic (exact) mass is 505 g/mol. The van der Waals surface area contributed by atoms with Crippen LogP contribution in [0, 0.1) is 5.92 Å². The first-order valence-corrected chi connectivity index (χ1v) is 12.8. The number of carbonyl (C=O) groups excluding carboxylic acids is 3. The van der Waals surface area contributed by atoms with Gasteiger partial charge in [0.05, 0.1) is 19.6 Å². The Bertz CT molecular complexity index is 898. The minimum Gasteiger partial charge on any atom is -0.494 e. The predicted octanol–water partition coefficient (Wildman–Crippen LogP) is 5.31. The van der Waals surface area contributed by atoms with Crippen LogP contribution in [-0.2, 0) is 30.2 Å². The number of rotatable bonds is 8. The third-order valence-electron chi connectivity index (χ3n) is 5.88. The van der Waals surface area contributed by atoms with Crippen LogP contribution in [0.4, 0.5) is 4.79 Å². The molecule has 0 N–H and O–H groups in total. The molecule has 8 heteroatoms. The summed E-state index contributed by atoms with van der Waals surface area (Å²) in [6.07, 6.45) is 0.735. The topological polar surface area (TPSA) is 91.4 Å². The van der Waals surface area contributed by atoms with Crippen LogP contribution in [0.15, 0.2) is 24.3 Å². The lowest BCUT2D eigenvalue weighted by molar-refractivity contribution is -0.169. The zero-order valence-electron chi connectivity index (χ0n) is 23.1. The lowest BCUT2D eigenvalue weighted by Gasteiger charge is -2.49. The number of carbonyl (C=O) groups is 3. The van der Waals surface area contributed by atoms with Gasteiger partial charge in [-0.25, -0.2) is 9.59 Å². The average Bonchev–Trinajstić information content (AvgIpc) is 2.74. The first-order chi connectivity index (χ1) is 16.7. The Morgan fingerprint density at radius 1 is 0.944 bits per heavy atom. The van der Waals surface area contributed by atoms with E-state index in [-0.39, 0.29) is 19.4 Å². The molecular formula is C28H43NO7. The van der Waals surface area contributed by atoms with Crippen LogP contribution in [0.25, 0.3) is 0 Å². The molecular weight excluding hydrogens is 462 g/mol. The molecule has 202 valence electrons. The smallest absolute Gasteiger partial charge is 0.411 e. The fraction of sp³-hybridized carbons (Fsp3) is 0.679. The van der Waals surface area contributed by atoms with Gasteiger partial charge in [-0.15, -0.1) is 0 Å². The summed E-state index contributed by atoms with van der Waals surface area (Å²) < 4.78 is 22.5. The van der Waals surface area contributed by atoms with Crippen molar-refractivity contribution in [1.82, 2.24) is 4.90 Å². The van der Waals surface area contributed by atoms with Crippen LogP contribution in [-0.4, -0.2) is 59.4 Å². The zero-order chi connectivity index (χ0) is 27.1. The first kappa shape index (κ1) is 29.5. The highest BCUT2D eigenvalue weighted by atomic mass is 16.6. The van der Waals surface area contributed by atoms with Crippen LogP contribution in [0.5, 0.6) is 5.75 Å². The fourth-order valence-corrected chi connectivity index (χ4v) is 4.61. The summed E-state index contributed by atoms with van der Waals surface area (Å²) in [7, 11) is 0. The number of benzene rings is 1. The van der Waals surface area contributed by atoms with Crippen LogP contribution in [0.3, 0.4) is 0 Å². The second-order valence-electron chi connectivity index (χ2n) is 11.2. The standard InChI is InChI=1S/C28H43NO7/c1-9-33-22-15-13-20(14-16-22)19-28(24(31)34-10-2)21(18-23(30)35-26(3,4)5)12-11-17-29(28)25(32)36-27(6,7)8/h13-16,21H,9-12,17-19H2,1-8H3/t21-,28+/m0/s1. The van der Waals surface area contributed by atoms with E-state index in [9.17, 15) is 14.4 Å². The number of hydrogen-bond donors (Lipinski definition) is 0. The highest BCUT2D eigenvalue weighted by Crippen LogP contribution is 2.41. The Balaban J connectivity index is 2.59. The van der Waals surface area contributed by atoms with E-state index in [0.717, 1.165) is 5.56 Å². The molecule has 0 unspecified atom stereocenters. The molecule has 1 aromatic rings. The molecule has 36 heavy (non-hydrogen) atoms. The average molecular weight is 506 g/mol. The van der Waals surface area contributed by atoms with E-state index in [2.05, 4.69) is 0 Å². The van der Waals surface area contributed by atoms with Crippen LogP contribution >= 0.6 is 0 Å². The Labute approximate surface area is 215 Å². The maximum Gasteiger partial charge on any atom is 0.411 e. The molecule has 1 fully saturated rings. The molecule has 1 aliphatic rings. The van der Waals surface area contributed by atoms with E-state index in [1.165, 1.54) is 4.90 Å². The van der Waals surface area contributed by atoms with Gasteiger partial charge in [0, 0.05) is 18.9 Å². The van der Waals surface area contributed by atoms with Gasteiger partial charge in [0.25, 0.3) is 0 Å². The van der Waals surface area contributed by atoms with Crippen LogP contribution < -0.4 is 4.74 Å². The van der Waals surface area contributed by atoms with E-state index in [1.807, 2.05) is 31.2 Å². The first-order valence-electron chi connectivity index (χ1n) is 12.8. The Hall–Kier alpha value is -2.77. The molecule has 0 aliphatic carbocycles. The molecule has 0 bridgehead atoms. The molecule has 0 aromatic heterocycles. The van der Waals surface area contributed by atoms with Gasteiger partial charge in [-0.3, -0.25) is 9.69 Å². The van der Waals surface area contributed by atoms with Gasteiger partial charge < -0.3 is 18.9 Å². The summed E-state index contributed by atoms with van der Waals surface area (Å²) in [5, 5.41) is 0. The van der Waals surface area contributed by atoms with E-state index >= 15 is 0 Å². The largest absolute Gasteiger partial charge is 0.494 e. The summed E-state index contributed by atoms with van der Waals surface area (Å²) in [5.41, 5.74) is -2.04. The van der Waals surface area contributed by atoms with Crippen molar-refractivity contribution in [2.75, 3.05) is 19.8 Å². The molecule has 1 heterocycles. The van der Waals surface area contributed by atoms with Gasteiger partial charge in [-0.1, -0.05) is 12.1 Å². The van der Waals surface area contributed by atoms with Crippen molar-refractivity contribution in [2.24, 2.45) is 5.92 Å². The number of esters is 2. The van der Waals surface area contributed by atoms with E-state index in [4.69, 9.17) is 18.9 Å². The molecule has 1 amide bonds. The van der Waals surface area contributed by atoms with Crippen molar-refractivity contribution < 1.29 is 33.3 Å².